The van der Waals surface area contributed by atoms with Crippen LogP contribution in [0.1, 0.15) is 6.42 Å². The van der Waals surface area contributed by atoms with Crippen LogP contribution in [0.2, 0.25) is 0 Å². The predicted molar refractivity (Wildman–Crippen MR) is 70.5 cm³/mol. The first kappa shape index (κ1) is 16.9. The summed E-state index contributed by atoms with van der Waals surface area (Å²) in [5.74, 6) is -0.305. The highest BCUT2D eigenvalue weighted by Crippen LogP contribution is 2.05. The Morgan fingerprint density at radius 1 is 1.67 bits per heavy atom. The number of piperazine rings is 1. The second-order valence-corrected chi connectivity index (χ2v) is 3.86. The van der Waals surface area contributed by atoms with E-state index in [0.29, 0.717) is 19.6 Å². The summed E-state index contributed by atoms with van der Waals surface area (Å²) in [7, 11) is 0. The van der Waals surface area contributed by atoms with Gasteiger partial charge in [-0.1, -0.05) is 6.08 Å². The second kappa shape index (κ2) is 8.91. The Balaban J connectivity index is 0.00000289. The molecule has 0 aromatic heterocycles. The van der Waals surface area contributed by atoms with Crippen molar-refractivity contribution in [3.8, 4) is 0 Å². The van der Waals surface area contributed by atoms with Crippen LogP contribution in [-0.4, -0.2) is 60.6 Å². The Hall–Kier alpha value is -1.11. The number of rotatable bonds is 6. The lowest BCUT2D eigenvalue weighted by molar-refractivity contribution is -0.137. The molecule has 0 radical (unpaired) electrons. The maximum atomic E-state index is 11.9. The third-order valence-electron chi connectivity index (χ3n) is 2.56. The number of hydrogen-bond acceptors (Lipinski definition) is 4. The Bertz CT molecular complexity index is 299. The minimum Gasteiger partial charge on any atom is -0.395 e. The number of nitrogens with zero attached hydrogens (tertiary/aromatic N) is 1. The Morgan fingerprint density at radius 2 is 2.39 bits per heavy atom. The number of aliphatic hydroxyl groups is 1. The molecule has 1 atom stereocenters. The summed E-state index contributed by atoms with van der Waals surface area (Å²) >= 11 is 0. The van der Waals surface area contributed by atoms with E-state index in [2.05, 4.69) is 17.2 Å². The van der Waals surface area contributed by atoms with E-state index >= 15 is 0 Å². The number of nitrogens with one attached hydrogen (secondary N) is 2. The van der Waals surface area contributed by atoms with Gasteiger partial charge in [0.25, 0.3) is 0 Å². The molecule has 3 N–H and O–H groups in total. The molecule has 1 fully saturated rings. The van der Waals surface area contributed by atoms with E-state index in [-0.39, 0.29) is 43.8 Å². The minimum absolute atomic E-state index is 0. The zero-order valence-electron chi connectivity index (χ0n) is 10.2. The molecule has 6 nitrogen and oxygen atoms in total. The van der Waals surface area contributed by atoms with E-state index in [1.807, 2.05) is 0 Å². The van der Waals surface area contributed by atoms with Crippen LogP contribution < -0.4 is 10.6 Å². The normalized spacial score (nSPS) is 19.1. The van der Waals surface area contributed by atoms with E-state index in [1.165, 1.54) is 0 Å². The highest BCUT2D eigenvalue weighted by atomic mass is 35.5. The molecular formula is C11H20ClN3O3. The van der Waals surface area contributed by atoms with Gasteiger partial charge in [0.1, 0.15) is 0 Å². The van der Waals surface area contributed by atoms with Gasteiger partial charge in [-0.25, -0.2) is 0 Å². The molecule has 0 aromatic carbocycles. The third-order valence-corrected chi connectivity index (χ3v) is 2.56. The quantitative estimate of drug-likeness (QED) is 0.538. The van der Waals surface area contributed by atoms with Crippen molar-refractivity contribution in [3.05, 3.63) is 12.7 Å². The molecule has 0 saturated carbocycles. The van der Waals surface area contributed by atoms with Crippen LogP contribution in [0.4, 0.5) is 0 Å². The molecule has 1 unspecified atom stereocenters. The van der Waals surface area contributed by atoms with E-state index in [9.17, 15) is 9.59 Å². The van der Waals surface area contributed by atoms with Gasteiger partial charge < -0.3 is 20.6 Å². The smallest absolute Gasteiger partial charge is 0.240 e. The largest absolute Gasteiger partial charge is 0.395 e. The lowest BCUT2D eigenvalue weighted by atomic mass is 10.1. The lowest BCUT2D eigenvalue weighted by Gasteiger charge is -2.32. The van der Waals surface area contributed by atoms with Gasteiger partial charge in [-0.05, 0) is 0 Å². The van der Waals surface area contributed by atoms with Crippen LogP contribution in [0, 0.1) is 0 Å². The Kier molecular flexibility index (Phi) is 8.36. The van der Waals surface area contributed by atoms with Crippen molar-refractivity contribution in [1.82, 2.24) is 15.5 Å². The van der Waals surface area contributed by atoms with Crippen LogP contribution in [0.25, 0.3) is 0 Å². The fourth-order valence-corrected chi connectivity index (χ4v) is 1.74. The van der Waals surface area contributed by atoms with Gasteiger partial charge in [0.2, 0.25) is 11.8 Å². The first-order valence-corrected chi connectivity index (χ1v) is 5.69. The molecule has 1 heterocycles. The Labute approximate surface area is 113 Å². The summed E-state index contributed by atoms with van der Waals surface area (Å²) in [4.78, 5) is 25.0. The van der Waals surface area contributed by atoms with Crippen molar-refractivity contribution in [2.45, 2.75) is 12.5 Å². The molecule has 0 spiro atoms. The number of aliphatic hydroxyl groups excluding tert-OH is 1. The highest BCUT2D eigenvalue weighted by molar-refractivity contribution is 5.89. The first-order chi connectivity index (χ1) is 8.19. The summed E-state index contributed by atoms with van der Waals surface area (Å²) in [5, 5.41) is 14.1. The van der Waals surface area contributed by atoms with Crippen LogP contribution in [-0.2, 0) is 9.59 Å². The van der Waals surface area contributed by atoms with Crippen molar-refractivity contribution in [2.75, 3.05) is 32.8 Å². The molecule has 104 valence electrons. The van der Waals surface area contributed by atoms with Crippen LogP contribution in [0.15, 0.2) is 12.7 Å². The van der Waals surface area contributed by atoms with E-state index in [0.717, 1.165) is 0 Å². The number of amides is 2. The summed E-state index contributed by atoms with van der Waals surface area (Å²) < 4.78 is 0. The minimum atomic E-state index is -0.470. The fourth-order valence-electron chi connectivity index (χ4n) is 1.74. The van der Waals surface area contributed by atoms with E-state index in [4.69, 9.17) is 5.11 Å². The van der Waals surface area contributed by atoms with Crippen LogP contribution >= 0.6 is 12.4 Å². The van der Waals surface area contributed by atoms with Gasteiger partial charge in [0, 0.05) is 26.2 Å². The molecule has 0 aromatic rings. The molecule has 0 aliphatic carbocycles. The first-order valence-electron chi connectivity index (χ1n) is 5.69. The Morgan fingerprint density at radius 3 is 3.00 bits per heavy atom. The fraction of sp³-hybridized carbons (Fsp3) is 0.636. The van der Waals surface area contributed by atoms with Gasteiger partial charge >= 0.3 is 0 Å². The number of hydrogen-bond donors (Lipinski definition) is 3. The topological polar surface area (TPSA) is 81.7 Å². The van der Waals surface area contributed by atoms with Gasteiger partial charge in [-0.15, -0.1) is 19.0 Å². The second-order valence-electron chi connectivity index (χ2n) is 3.86. The van der Waals surface area contributed by atoms with Crippen molar-refractivity contribution >= 4 is 24.2 Å². The molecule has 1 aliphatic rings. The molecule has 7 heteroatoms. The van der Waals surface area contributed by atoms with Crippen molar-refractivity contribution in [1.29, 1.82) is 0 Å². The van der Waals surface area contributed by atoms with E-state index < -0.39 is 6.04 Å². The summed E-state index contributed by atoms with van der Waals surface area (Å²) in [5.41, 5.74) is 0. The summed E-state index contributed by atoms with van der Waals surface area (Å²) in [6.45, 7) is 5.54. The van der Waals surface area contributed by atoms with Gasteiger partial charge in [-0.2, -0.15) is 0 Å². The molecule has 1 rings (SSSR count). The maximum Gasteiger partial charge on any atom is 0.240 e. The molecule has 1 saturated heterocycles. The van der Waals surface area contributed by atoms with Gasteiger partial charge in [0.05, 0.1) is 19.1 Å². The number of carbonyl (C=O) groups is 2. The molecular weight excluding hydrogens is 258 g/mol. The summed E-state index contributed by atoms with van der Waals surface area (Å²) in [6.07, 6.45) is 1.78. The monoisotopic (exact) mass is 277 g/mol. The third kappa shape index (κ3) is 5.03. The standard InChI is InChI=1S/C11H19N3O3.ClH/c1-2-5-14-6-3-12-9(11(14)17)8-10(16)13-4-7-15;/h2,9,12,15H,1,3-8H2,(H,13,16);1H. The van der Waals surface area contributed by atoms with Crippen molar-refractivity contribution in [2.24, 2.45) is 0 Å². The average Bonchev–Trinajstić information content (AvgIpc) is 2.32. The molecule has 18 heavy (non-hydrogen) atoms. The molecule has 1 aliphatic heterocycles. The van der Waals surface area contributed by atoms with Crippen molar-refractivity contribution < 1.29 is 14.7 Å². The molecule has 2 amide bonds. The average molecular weight is 278 g/mol. The van der Waals surface area contributed by atoms with Crippen LogP contribution in [0.3, 0.4) is 0 Å². The zero-order chi connectivity index (χ0) is 12.7. The van der Waals surface area contributed by atoms with Gasteiger partial charge in [0.15, 0.2) is 0 Å². The van der Waals surface area contributed by atoms with Gasteiger partial charge in [-0.3, -0.25) is 9.59 Å². The number of halogens is 1. The number of carbonyl (C=O) groups excluding carboxylic acids is 2. The zero-order valence-corrected chi connectivity index (χ0v) is 11.0. The summed E-state index contributed by atoms with van der Waals surface area (Å²) in [6, 6.07) is -0.470. The van der Waals surface area contributed by atoms with Crippen molar-refractivity contribution in [3.63, 3.8) is 0 Å². The highest BCUT2D eigenvalue weighted by Gasteiger charge is 2.29. The van der Waals surface area contributed by atoms with Crippen LogP contribution in [0.5, 0.6) is 0 Å². The SMILES string of the molecule is C=CCN1CCNC(CC(=O)NCCO)C1=O.Cl. The lowest BCUT2D eigenvalue weighted by Crippen LogP contribution is -2.56. The molecule has 0 bridgehead atoms. The maximum absolute atomic E-state index is 11.9. The predicted octanol–water partition coefficient (Wildman–Crippen LogP) is -1.11. The van der Waals surface area contributed by atoms with E-state index in [1.54, 1.807) is 11.0 Å².